The first-order valence-electron chi connectivity index (χ1n) is 8.24. The summed E-state index contributed by atoms with van der Waals surface area (Å²) in [5, 5.41) is 0. The van der Waals surface area contributed by atoms with Crippen LogP contribution in [-0.2, 0) is 23.7 Å². The Hall–Kier alpha value is -0.960. The number of carbonyl (C=O) groups is 1. The number of ether oxygens (including phenoxy) is 4. The average molecular weight is 364 g/mol. The van der Waals surface area contributed by atoms with Gasteiger partial charge in [0.25, 0.3) is 0 Å². The first-order valence-corrected chi connectivity index (χ1v) is 8.24. The van der Waals surface area contributed by atoms with Gasteiger partial charge in [-0.3, -0.25) is 4.79 Å². The summed E-state index contributed by atoms with van der Waals surface area (Å²) in [5.41, 5.74) is -1.97. The Labute approximate surface area is 144 Å². The van der Waals surface area contributed by atoms with Crippen molar-refractivity contribution < 1.29 is 36.9 Å². The molecule has 1 aliphatic carbocycles. The van der Waals surface area contributed by atoms with Crippen molar-refractivity contribution >= 4 is 5.78 Å². The summed E-state index contributed by atoms with van der Waals surface area (Å²) in [6.07, 6.45) is -4.42. The van der Waals surface area contributed by atoms with Crippen molar-refractivity contribution in [3.63, 3.8) is 0 Å². The highest BCUT2D eigenvalue weighted by molar-refractivity contribution is 5.89. The van der Waals surface area contributed by atoms with Gasteiger partial charge in [0.15, 0.2) is 5.78 Å². The van der Waals surface area contributed by atoms with E-state index in [1.807, 2.05) is 6.92 Å². The van der Waals surface area contributed by atoms with Crippen LogP contribution in [-0.4, -0.2) is 62.3 Å². The molecule has 3 fully saturated rings. The minimum atomic E-state index is -4.34. The second-order valence-corrected chi connectivity index (χ2v) is 7.23. The fourth-order valence-corrected chi connectivity index (χ4v) is 4.06. The molecule has 8 heteroatoms. The van der Waals surface area contributed by atoms with Crippen LogP contribution < -0.4 is 0 Å². The predicted octanol–water partition coefficient (Wildman–Crippen LogP) is 2.43. The van der Waals surface area contributed by atoms with Gasteiger partial charge in [-0.2, -0.15) is 13.2 Å². The topological polar surface area (TPSA) is 60.6 Å². The maximum atomic E-state index is 12.6. The number of alkyl halides is 3. The lowest BCUT2D eigenvalue weighted by Crippen LogP contribution is -2.58. The molecule has 142 valence electrons. The van der Waals surface area contributed by atoms with Gasteiger partial charge in [0.1, 0.15) is 23.4 Å². The summed E-state index contributed by atoms with van der Waals surface area (Å²) in [7, 11) is 2.91. The summed E-state index contributed by atoms with van der Waals surface area (Å²) < 4.78 is 60.0. The van der Waals surface area contributed by atoms with Crippen LogP contribution >= 0.6 is 0 Å². The number of methoxy groups -OCH3 is 2. The van der Waals surface area contributed by atoms with E-state index in [2.05, 4.69) is 0 Å². The third-order valence-electron chi connectivity index (χ3n) is 5.73. The highest BCUT2D eigenvalue weighted by Gasteiger charge is 2.73. The number of hydrogen-bond acceptors (Lipinski definition) is 5. The molecule has 1 saturated carbocycles. The van der Waals surface area contributed by atoms with E-state index in [0.717, 1.165) is 13.0 Å². The minimum absolute atomic E-state index is 0.132. The van der Waals surface area contributed by atoms with E-state index in [0.29, 0.717) is 13.0 Å². The largest absolute Gasteiger partial charge is 0.412 e. The van der Waals surface area contributed by atoms with Crippen molar-refractivity contribution in [2.45, 2.75) is 62.4 Å². The zero-order valence-electron chi connectivity index (χ0n) is 14.7. The molecule has 2 heterocycles. The monoisotopic (exact) mass is 364 g/mol. The summed E-state index contributed by atoms with van der Waals surface area (Å²) in [4.78, 5) is 12.6. The maximum absolute atomic E-state index is 12.6. The van der Waals surface area contributed by atoms with E-state index in [1.165, 1.54) is 14.2 Å². The Morgan fingerprint density at radius 1 is 1.36 bits per heavy atom. The third-order valence-corrected chi connectivity index (χ3v) is 5.73. The minimum Gasteiger partial charge on any atom is -0.373 e. The van der Waals surface area contributed by atoms with Gasteiger partial charge in [0, 0.05) is 26.2 Å². The summed E-state index contributed by atoms with van der Waals surface area (Å²) in [5.74, 6) is -0.540. The van der Waals surface area contributed by atoms with Crippen molar-refractivity contribution in [3.8, 4) is 0 Å². The van der Waals surface area contributed by atoms with Crippen molar-refractivity contribution in [1.82, 2.24) is 0 Å². The lowest BCUT2D eigenvalue weighted by molar-refractivity contribution is -0.157. The van der Waals surface area contributed by atoms with Crippen LogP contribution in [0, 0.1) is 5.92 Å². The molecule has 6 atom stereocenters. The van der Waals surface area contributed by atoms with Gasteiger partial charge < -0.3 is 18.9 Å². The molecule has 0 aromatic carbocycles. The number of rotatable bonds is 5. The summed E-state index contributed by atoms with van der Waals surface area (Å²) in [6, 6.07) is 0. The normalized spacial score (nSPS) is 44.3. The van der Waals surface area contributed by atoms with Gasteiger partial charge in [0.2, 0.25) is 0 Å². The Balaban J connectivity index is 1.78. The van der Waals surface area contributed by atoms with Crippen LogP contribution in [0.25, 0.3) is 0 Å². The SMILES string of the molecule is CO[C@@H]1C(=O)[C@H](OC)C[C@]2(CO2)[C@H]1C1(C)O[C@@H]1C/C=C(\C)C(F)(F)F. The summed E-state index contributed by atoms with van der Waals surface area (Å²) >= 11 is 0. The molecular formula is C17H23F3O5. The lowest BCUT2D eigenvalue weighted by atomic mass is 9.68. The molecule has 0 aromatic rings. The number of Topliss-reactive ketones (excluding diaryl/α,β-unsaturated/α-hetero) is 1. The lowest BCUT2D eigenvalue weighted by Gasteiger charge is -2.40. The predicted molar refractivity (Wildman–Crippen MR) is 81.1 cm³/mol. The highest BCUT2D eigenvalue weighted by Crippen LogP contribution is 2.59. The number of ketones is 1. The van der Waals surface area contributed by atoms with E-state index in [4.69, 9.17) is 18.9 Å². The fraction of sp³-hybridized carbons (Fsp3) is 0.824. The molecule has 3 aliphatic rings. The third kappa shape index (κ3) is 3.13. The van der Waals surface area contributed by atoms with Gasteiger partial charge in [-0.1, -0.05) is 6.08 Å². The first-order chi connectivity index (χ1) is 11.6. The van der Waals surface area contributed by atoms with Gasteiger partial charge >= 0.3 is 6.18 Å². The molecule has 0 bridgehead atoms. The number of epoxide rings is 2. The molecule has 0 amide bonds. The number of halogens is 3. The maximum Gasteiger partial charge on any atom is 0.412 e. The Morgan fingerprint density at radius 2 is 2.00 bits per heavy atom. The molecule has 2 aliphatic heterocycles. The van der Waals surface area contributed by atoms with Crippen LogP contribution in [0.15, 0.2) is 11.6 Å². The molecule has 25 heavy (non-hydrogen) atoms. The van der Waals surface area contributed by atoms with Crippen molar-refractivity contribution in [2.24, 2.45) is 5.92 Å². The van der Waals surface area contributed by atoms with Crippen LogP contribution in [0.2, 0.25) is 0 Å². The quantitative estimate of drug-likeness (QED) is 0.554. The van der Waals surface area contributed by atoms with E-state index in [-0.39, 0.29) is 18.1 Å². The van der Waals surface area contributed by atoms with Crippen molar-refractivity contribution in [1.29, 1.82) is 0 Å². The standard InChI is InChI=1S/C17H23F3O5/c1-9(17(18,19)20)5-6-11-15(2,25-11)14-13(23-4)12(21)10(22-3)7-16(14)8-24-16/h5,10-11,13-14H,6-8H2,1-4H3/b9-5+/t10-,11-,13-,14-,15?,16+/m1/s1. The Kier molecular flexibility index (Phi) is 4.55. The van der Waals surface area contributed by atoms with E-state index >= 15 is 0 Å². The van der Waals surface area contributed by atoms with Gasteiger partial charge in [-0.05, 0) is 20.3 Å². The molecule has 0 N–H and O–H groups in total. The molecule has 2 saturated heterocycles. The second-order valence-electron chi connectivity index (χ2n) is 7.23. The molecule has 1 spiro atoms. The average Bonchev–Trinajstić information content (AvgIpc) is 3.44. The fourth-order valence-electron chi connectivity index (χ4n) is 4.06. The van der Waals surface area contributed by atoms with E-state index in [1.54, 1.807) is 0 Å². The Bertz CT molecular complexity index is 583. The van der Waals surface area contributed by atoms with Crippen LogP contribution in [0.1, 0.15) is 26.7 Å². The summed E-state index contributed by atoms with van der Waals surface area (Å²) in [6.45, 7) is 3.32. The number of carbonyl (C=O) groups excluding carboxylic acids is 1. The van der Waals surface area contributed by atoms with Crippen LogP contribution in [0.5, 0.6) is 0 Å². The van der Waals surface area contributed by atoms with E-state index < -0.39 is 41.3 Å². The zero-order chi connectivity index (χ0) is 18.6. The Morgan fingerprint density at radius 3 is 2.48 bits per heavy atom. The highest BCUT2D eigenvalue weighted by atomic mass is 19.4. The van der Waals surface area contributed by atoms with E-state index in [9.17, 15) is 18.0 Å². The molecule has 3 rings (SSSR count). The second kappa shape index (κ2) is 6.04. The van der Waals surface area contributed by atoms with Crippen molar-refractivity contribution in [3.05, 3.63) is 11.6 Å². The zero-order valence-corrected chi connectivity index (χ0v) is 14.7. The molecule has 0 radical (unpaired) electrons. The van der Waals surface area contributed by atoms with Crippen molar-refractivity contribution in [2.75, 3.05) is 20.8 Å². The van der Waals surface area contributed by atoms with Crippen LogP contribution in [0.4, 0.5) is 13.2 Å². The number of hydrogen-bond donors (Lipinski definition) is 0. The number of allylic oxidation sites excluding steroid dienone is 1. The molecule has 0 aromatic heterocycles. The van der Waals surface area contributed by atoms with Gasteiger partial charge in [-0.15, -0.1) is 0 Å². The van der Waals surface area contributed by atoms with Crippen LogP contribution in [0.3, 0.4) is 0 Å². The molecule has 5 nitrogen and oxygen atoms in total. The molecule has 1 unspecified atom stereocenters. The van der Waals surface area contributed by atoms with Gasteiger partial charge in [-0.25, -0.2) is 0 Å². The molecular weight excluding hydrogens is 341 g/mol. The van der Waals surface area contributed by atoms with Gasteiger partial charge in [0.05, 0.1) is 18.6 Å². The smallest absolute Gasteiger partial charge is 0.373 e. The first kappa shape index (κ1) is 18.8.